The molecular weight excluding hydrogens is 276 g/mol. The Hall–Kier alpha value is -1.07. The summed E-state index contributed by atoms with van der Waals surface area (Å²) in [5, 5.41) is 7.86. The number of nitrogens with zero attached hydrogens (tertiary/aromatic N) is 3. The topological polar surface area (TPSA) is 50.2 Å². The van der Waals surface area contributed by atoms with Crippen molar-refractivity contribution in [3.05, 3.63) is 21.6 Å². The second kappa shape index (κ2) is 6.14. The van der Waals surface area contributed by atoms with Crippen molar-refractivity contribution in [2.75, 3.05) is 26.0 Å². The lowest BCUT2D eigenvalue weighted by atomic mass is 10.0. The van der Waals surface area contributed by atoms with E-state index in [1.165, 1.54) is 17.5 Å². The first-order valence-electron chi connectivity index (χ1n) is 7.10. The Bertz CT molecular complexity index is 520. The summed E-state index contributed by atoms with van der Waals surface area (Å²) in [5.41, 5.74) is 0.468. The van der Waals surface area contributed by atoms with Gasteiger partial charge in [0.25, 0.3) is 5.56 Å². The van der Waals surface area contributed by atoms with Crippen molar-refractivity contribution in [3.63, 3.8) is 0 Å². The summed E-state index contributed by atoms with van der Waals surface area (Å²) in [6.07, 6.45) is 6.31. The molecule has 0 spiro atoms. The highest BCUT2D eigenvalue weighted by atomic mass is 35.5. The zero-order chi connectivity index (χ0) is 14.8. The first-order chi connectivity index (χ1) is 9.41. The molecule has 6 heteroatoms. The van der Waals surface area contributed by atoms with Crippen LogP contribution in [0.4, 0.5) is 5.69 Å². The summed E-state index contributed by atoms with van der Waals surface area (Å²) < 4.78 is 1.42. The fraction of sp³-hybridized carbons (Fsp3) is 0.714. The summed E-state index contributed by atoms with van der Waals surface area (Å²) in [6.45, 7) is 3.48. The Morgan fingerprint density at radius 1 is 1.45 bits per heavy atom. The molecule has 5 nitrogen and oxygen atoms in total. The molecule has 1 fully saturated rings. The first-order valence-corrected chi connectivity index (χ1v) is 7.48. The molecule has 0 saturated heterocycles. The third-order valence-corrected chi connectivity index (χ3v) is 4.25. The average Bonchev–Trinajstić information content (AvgIpc) is 2.81. The van der Waals surface area contributed by atoms with E-state index in [9.17, 15) is 4.79 Å². The molecule has 0 atom stereocenters. The van der Waals surface area contributed by atoms with Crippen molar-refractivity contribution in [2.45, 2.75) is 44.7 Å². The summed E-state index contributed by atoms with van der Waals surface area (Å²) >= 11 is 6.20. The molecule has 20 heavy (non-hydrogen) atoms. The molecule has 112 valence electrons. The molecule has 1 aromatic rings. The Labute approximate surface area is 124 Å². The average molecular weight is 299 g/mol. The van der Waals surface area contributed by atoms with E-state index in [0.717, 1.165) is 19.4 Å². The van der Waals surface area contributed by atoms with Crippen LogP contribution in [0.15, 0.2) is 11.0 Å². The first kappa shape index (κ1) is 15.3. The Kier molecular flexibility index (Phi) is 4.70. The van der Waals surface area contributed by atoms with Crippen molar-refractivity contribution in [3.8, 4) is 0 Å². The second-order valence-corrected chi connectivity index (χ2v) is 6.47. The van der Waals surface area contributed by atoms with Crippen LogP contribution >= 0.6 is 11.6 Å². The maximum Gasteiger partial charge on any atom is 0.287 e. The Balaban J connectivity index is 2.16. The quantitative estimate of drug-likeness (QED) is 0.905. The highest BCUT2D eigenvalue weighted by molar-refractivity contribution is 6.32. The molecule has 0 bridgehead atoms. The van der Waals surface area contributed by atoms with Gasteiger partial charge in [-0.25, -0.2) is 4.68 Å². The van der Waals surface area contributed by atoms with Crippen molar-refractivity contribution in [1.29, 1.82) is 0 Å². The molecule has 0 aliphatic heterocycles. The molecule has 0 amide bonds. The van der Waals surface area contributed by atoms with Gasteiger partial charge in [0.1, 0.15) is 5.02 Å². The molecule has 1 aromatic heterocycles. The molecule has 2 rings (SSSR count). The van der Waals surface area contributed by atoms with E-state index in [2.05, 4.69) is 17.3 Å². The van der Waals surface area contributed by atoms with Crippen LogP contribution in [0.25, 0.3) is 0 Å². The summed E-state index contributed by atoms with van der Waals surface area (Å²) in [7, 11) is 3.92. The van der Waals surface area contributed by atoms with E-state index >= 15 is 0 Å². The van der Waals surface area contributed by atoms with Gasteiger partial charge in [-0.1, -0.05) is 24.4 Å². The minimum atomic E-state index is -0.222. The number of likely N-dealkylation sites (N-methyl/N-ethyl adjacent to an activating group) is 1. The van der Waals surface area contributed by atoms with Crippen LogP contribution in [0.3, 0.4) is 0 Å². The lowest BCUT2D eigenvalue weighted by Crippen LogP contribution is -2.34. The van der Waals surface area contributed by atoms with Gasteiger partial charge >= 0.3 is 0 Å². The Morgan fingerprint density at radius 2 is 2.10 bits per heavy atom. The van der Waals surface area contributed by atoms with Gasteiger partial charge in [-0.2, -0.15) is 5.10 Å². The smallest absolute Gasteiger partial charge is 0.287 e. The van der Waals surface area contributed by atoms with Crippen molar-refractivity contribution in [1.82, 2.24) is 14.7 Å². The second-order valence-electron chi connectivity index (χ2n) is 6.10. The molecule has 1 N–H and O–H groups in total. The SMILES string of the molecule is CN(C)CCn1ncc(NC2(C)CCCC2)c(Cl)c1=O. The van der Waals surface area contributed by atoms with E-state index in [1.807, 2.05) is 19.0 Å². The standard InChI is InChI=1S/C14H23ClN4O/c1-14(6-4-5-7-14)17-11-10-16-19(9-8-18(2)3)13(20)12(11)15/h10,17H,4-9H2,1-3H3. The van der Waals surface area contributed by atoms with Gasteiger partial charge in [0.15, 0.2) is 0 Å². The maximum atomic E-state index is 12.2. The van der Waals surface area contributed by atoms with Crippen LogP contribution in [0, 0.1) is 0 Å². The molecule has 0 unspecified atom stereocenters. The zero-order valence-electron chi connectivity index (χ0n) is 12.4. The van der Waals surface area contributed by atoms with Gasteiger partial charge in [-0.05, 0) is 33.9 Å². The molecule has 0 aromatic carbocycles. The fourth-order valence-electron chi connectivity index (χ4n) is 2.61. The van der Waals surface area contributed by atoms with Crippen LogP contribution in [-0.2, 0) is 6.54 Å². The van der Waals surface area contributed by atoms with Gasteiger partial charge in [0.05, 0.1) is 18.4 Å². The van der Waals surface area contributed by atoms with Gasteiger partial charge in [0.2, 0.25) is 0 Å². The van der Waals surface area contributed by atoms with Gasteiger partial charge in [-0.15, -0.1) is 0 Å². The van der Waals surface area contributed by atoms with Gasteiger partial charge in [0, 0.05) is 12.1 Å². The lowest BCUT2D eigenvalue weighted by molar-refractivity contribution is 0.367. The predicted octanol–water partition coefficient (Wildman–Crippen LogP) is 2.20. The van der Waals surface area contributed by atoms with E-state index in [-0.39, 0.29) is 16.1 Å². The van der Waals surface area contributed by atoms with E-state index in [4.69, 9.17) is 11.6 Å². The van der Waals surface area contributed by atoms with Crippen LogP contribution in [0.2, 0.25) is 5.02 Å². The summed E-state index contributed by atoms with van der Waals surface area (Å²) in [5.74, 6) is 0. The van der Waals surface area contributed by atoms with E-state index in [0.29, 0.717) is 12.2 Å². The molecule has 1 aliphatic carbocycles. The van der Waals surface area contributed by atoms with Gasteiger partial charge in [-0.3, -0.25) is 4.79 Å². The lowest BCUT2D eigenvalue weighted by Gasteiger charge is -2.27. The monoisotopic (exact) mass is 298 g/mol. The van der Waals surface area contributed by atoms with Crippen LogP contribution < -0.4 is 10.9 Å². The normalized spacial score (nSPS) is 17.6. The maximum absolute atomic E-state index is 12.2. The van der Waals surface area contributed by atoms with E-state index in [1.54, 1.807) is 6.20 Å². The Morgan fingerprint density at radius 3 is 2.70 bits per heavy atom. The van der Waals surface area contributed by atoms with Crippen molar-refractivity contribution < 1.29 is 0 Å². The minimum absolute atomic E-state index is 0.0353. The molecule has 1 heterocycles. The number of anilines is 1. The number of hydrogen-bond acceptors (Lipinski definition) is 4. The molecule has 1 saturated carbocycles. The van der Waals surface area contributed by atoms with Crippen molar-refractivity contribution in [2.24, 2.45) is 0 Å². The van der Waals surface area contributed by atoms with Crippen LogP contribution in [0.5, 0.6) is 0 Å². The third-order valence-electron chi connectivity index (χ3n) is 3.89. The molecule has 1 aliphatic rings. The van der Waals surface area contributed by atoms with Crippen molar-refractivity contribution >= 4 is 17.3 Å². The summed E-state index contributed by atoms with van der Waals surface area (Å²) in [4.78, 5) is 14.2. The highest BCUT2D eigenvalue weighted by Crippen LogP contribution is 2.33. The molecule has 0 radical (unpaired) electrons. The molecular formula is C14H23ClN4O. The van der Waals surface area contributed by atoms with Crippen LogP contribution in [-0.4, -0.2) is 40.9 Å². The number of halogens is 1. The number of rotatable bonds is 5. The third kappa shape index (κ3) is 3.52. The number of hydrogen-bond donors (Lipinski definition) is 1. The minimum Gasteiger partial charge on any atom is -0.377 e. The number of nitrogens with one attached hydrogen (secondary N) is 1. The largest absolute Gasteiger partial charge is 0.377 e. The van der Waals surface area contributed by atoms with Crippen LogP contribution in [0.1, 0.15) is 32.6 Å². The predicted molar refractivity (Wildman–Crippen MR) is 82.6 cm³/mol. The highest BCUT2D eigenvalue weighted by Gasteiger charge is 2.29. The fourth-order valence-corrected chi connectivity index (χ4v) is 2.81. The van der Waals surface area contributed by atoms with Gasteiger partial charge < -0.3 is 10.2 Å². The summed E-state index contributed by atoms with van der Waals surface area (Å²) in [6, 6.07) is 0. The van der Waals surface area contributed by atoms with E-state index < -0.39 is 0 Å². The number of aromatic nitrogens is 2. The zero-order valence-corrected chi connectivity index (χ0v) is 13.2.